The largest absolute Gasteiger partial charge is 0.504 e. The summed E-state index contributed by atoms with van der Waals surface area (Å²) in [5.74, 6) is -1.07. The van der Waals surface area contributed by atoms with Gasteiger partial charge in [-0.1, -0.05) is 18.2 Å². The van der Waals surface area contributed by atoms with Crippen LogP contribution in [0.3, 0.4) is 0 Å². The van der Waals surface area contributed by atoms with Crippen molar-refractivity contribution in [2.75, 3.05) is 13.7 Å². The standard InChI is InChI=1S/C27H22O9/c1-32-25-21-17(7-9-19(21)29)22-23(35-25)24(30)36-27(22)13-15-2-5-16(6-3-15)34-20-12-14(4-8-18(20)28)10-11-33-26(27)31/h2-6,8,12,25,28H,7,9-11,13H2,1H3/t25-,27-/m1/s1. The Morgan fingerprint density at radius 2 is 1.78 bits per heavy atom. The Labute approximate surface area is 205 Å². The Kier molecular flexibility index (Phi) is 5.11. The first-order chi connectivity index (χ1) is 17.4. The predicted molar refractivity (Wildman–Crippen MR) is 122 cm³/mol. The zero-order valence-corrected chi connectivity index (χ0v) is 19.4. The zero-order valence-electron chi connectivity index (χ0n) is 19.4. The molecule has 2 aromatic carbocycles. The normalized spacial score (nSPS) is 25.1. The molecule has 36 heavy (non-hydrogen) atoms. The number of esters is 2. The first kappa shape index (κ1) is 22.4. The average Bonchev–Trinajstić information content (AvgIpc) is 3.39. The topological polar surface area (TPSA) is 118 Å². The van der Waals surface area contributed by atoms with Gasteiger partial charge in [0.25, 0.3) is 0 Å². The Morgan fingerprint density at radius 1 is 1.00 bits per heavy atom. The lowest BCUT2D eigenvalue weighted by Gasteiger charge is -2.31. The van der Waals surface area contributed by atoms with Gasteiger partial charge in [0.05, 0.1) is 17.8 Å². The van der Waals surface area contributed by atoms with E-state index in [1.54, 1.807) is 36.4 Å². The van der Waals surface area contributed by atoms with Crippen LogP contribution in [-0.4, -0.2) is 48.4 Å². The molecule has 1 N–H and O–H groups in total. The van der Waals surface area contributed by atoms with E-state index in [1.807, 2.05) is 0 Å². The summed E-state index contributed by atoms with van der Waals surface area (Å²) in [6.07, 6.45) is -0.167. The third-order valence-electron chi connectivity index (χ3n) is 6.87. The van der Waals surface area contributed by atoms with Crippen molar-refractivity contribution in [2.45, 2.75) is 37.6 Å². The maximum absolute atomic E-state index is 13.7. The summed E-state index contributed by atoms with van der Waals surface area (Å²) in [5, 5.41) is 10.2. The number of phenolic OH excluding ortho intramolecular Hbond substituents is 1. The Hall–Kier alpha value is -4.11. The first-order valence-electron chi connectivity index (χ1n) is 11.6. The van der Waals surface area contributed by atoms with Crippen LogP contribution in [0.5, 0.6) is 17.2 Å². The maximum atomic E-state index is 13.7. The molecular weight excluding hydrogens is 468 g/mol. The van der Waals surface area contributed by atoms with Gasteiger partial charge in [-0.25, -0.2) is 9.59 Å². The molecule has 2 aromatic rings. The smallest absolute Gasteiger partial charge is 0.375 e. The number of ether oxygens (including phenoxy) is 5. The molecule has 9 heteroatoms. The van der Waals surface area contributed by atoms with Gasteiger partial charge in [0.2, 0.25) is 17.7 Å². The van der Waals surface area contributed by atoms with Crippen LogP contribution >= 0.6 is 0 Å². The molecule has 7 rings (SSSR count). The molecule has 4 heterocycles. The SMILES string of the molecule is CO[C@@H]1OC2=C(C3=C1C(=O)CC3)[C@@]1(Cc3ccc(cc3)Oc3cc(ccc3O)CCOC1=O)OC2=O. The zero-order chi connectivity index (χ0) is 25.0. The number of Topliss-reactive ketones (excluding diaryl/α,β-unsaturated/α-hetero) is 1. The van der Waals surface area contributed by atoms with Crippen LogP contribution in [-0.2, 0) is 46.2 Å². The number of hydrogen-bond donors (Lipinski definition) is 1. The van der Waals surface area contributed by atoms with E-state index in [9.17, 15) is 19.5 Å². The number of phenols is 1. The monoisotopic (exact) mass is 490 g/mol. The lowest BCUT2D eigenvalue weighted by molar-refractivity contribution is -0.173. The molecule has 0 fully saturated rings. The van der Waals surface area contributed by atoms with Crippen molar-refractivity contribution < 1.29 is 43.2 Å². The number of hydrogen-bond acceptors (Lipinski definition) is 9. The van der Waals surface area contributed by atoms with Crippen molar-refractivity contribution in [2.24, 2.45) is 0 Å². The van der Waals surface area contributed by atoms with Crippen molar-refractivity contribution in [3.05, 3.63) is 76.1 Å². The molecule has 0 amide bonds. The van der Waals surface area contributed by atoms with Gasteiger partial charge in [-0.15, -0.1) is 0 Å². The summed E-state index contributed by atoms with van der Waals surface area (Å²) in [6.45, 7) is -0.00503. The highest BCUT2D eigenvalue weighted by Crippen LogP contribution is 2.50. The van der Waals surface area contributed by atoms with E-state index >= 15 is 0 Å². The summed E-state index contributed by atoms with van der Waals surface area (Å²) >= 11 is 0. The van der Waals surface area contributed by atoms with Crippen LogP contribution in [0, 0.1) is 0 Å². The molecule has 0 saturated carbocycles. The molecular formula is C27H22O9. The molecule has 2 atom stereocenters. The van der Waals surface area contributed by atoms with Crippen LogP contribution in [0.15, 0.2) is 64.9 Å². The lowest BCUT2D eigenvalue weighted by Crippen LogP contribution is -2.46. The predicted octanol–water partition coefficient (Wildman–Crippen LogP) is 3.04. The van der Waals surface area contributed by atoms with Gasteiger partial charge in [-0.3, -0.25) is 4.79 Å². The first-order valence-corrected chi connectivity index (χ1v) is 11.6. The minimum absolute atomic E-state index is 0.00503. The summed E-state index contributed by atoms with van der Waals surface area (Å²) in [4.78, 5) is 39.4. The number of carbonyl (C=O) groups is 3. The summed E-state index contributed by atoms with van der Waals surface area (Å²) in [6, 6.07) is 11.8. The average molecular weight is 490 g/mol. The molecule has 0 saturated heterocycles. The number of fused-ring (bicyclic) bond motifs is 6. The van der Waals surface area contributed by atoms with E-state index in [4.69, 9.17) is 23.7 Å². The maximum Gasteiger partial charge on any atom is 0.375 e. The quantitative estimate of drug-likeness (QED) is 0.602. The second kappa shape index (κ2) is 8.23. The van der Waals surface area contributed by atoms with E-state index in [0.717, 1.165) is 5.56 Å². The number of ketones is 1. The van der Waals surface area contributed by atoms with Gasteiger partial charge in [-0.2, -0.15) is 0 Å². The summed E-state index contributed by atoms with van der Waals surface area (Å²) in [5.41, 5.74) is 0.712. The van der Waals surface area contributed by atoms with E-state index in [-0.39, 0.29) is 48.1 Å². The molecule has 0 radical (unpaired) electrons. The van der Waals surface area contributed by atoms with E-state index in [0.29, 0.717) is 35.3 Å². The fourth-order valence-electron chi connectivity index (χ4n) is 5.17. The minimum atomic E-state index is -1.82. The van der Waals surface area contributed by atoms with Gasteiger partial charge in [0.1, 0.15) is 5.75 Å². The number of methoxy groups -OCH3 is 1. The molecule has 184 valence electrons. The van der Waals surface area contributed by atoms with Crippen molar-refractivity contribution in [1.29, 1.82) is 0 Å². The fraction of sp³-hybridized carbons (Fsp3) is 0.296. The van der Waals surface area contributed by atoms with E-state index in [2.05, 4.69) is 0 Å². The Bertz CT molecular complexity index is 1370. The van der Waals surface area contributed by atoms with Crippen molar-refractivity contribution in [1.82, 2.24) is 0 Å². The van der Waals surface area contributed by atoms with Crippen molar-refractivity contribution in [3.63, 3.8) is 0 Å². The second-order valence-electron chi connectivity index (χ2n) is 9.03. The van der Waals surface area contributed by atoms with E-state index < -0.39 is 23.8 Å². The fourth-order valence-corrected chi connectivity index (χ4v) is 5.17. The van der Waals surface area contributed by atoms with Gasteiger partial charge < -0.3 is 28.8 Å². The lowest BCUT2D eigenvalue weighted by atomic mass is 9.81. The molecule has 1 aliphatic carbocycles. The highest BCUT2D eigenvalue weighted by atomic mass is 16.7. The molecule has 0 unspecified atom stereocenters. The third-order valence-corrected chi connectivity index (χ3v) is 6.87. The van der Waals surface area contributed by atoms with Crippen LogP contribution in [0.4, 0.5) is 0 Å². The number of aromatic hydroxyl groups is 1. The van der Waals surface area contributed by atoms with Gasteiger partial charge in [0, 0.05) is 26.4 Å². The van der Waals surface area contributed by atoms with Crippen LogP contribution in [0.2, 0.25) is 0 Å². The summed E-state index contributed by atoms with van der Waals surface area (Å²) in [7, 11) is 1.39. The Morgan fingerprint density at radius 3 is 2.56 bits per heavy atom. The summed E-state index contributed by atoms with van der Waals surface area (Å²) < 4.78 is 28.4. The molecule has 4 aliphatic heterocycles. The third kappa shape index (κ3) is 3.38. The molecule has 9 nitrogen and oxygen atoms in total. The van der Waals surface area contributed by atoms with Crippen LogP contribution < -0.4 is 4.74 Å². The number of rotatable bonds is 1. The molecule has 1 spiro atoms. The van der Waals surface area contributed by atoms with Crippen molar-refractivity contribution in [3.8, 4) is 17.2 Å². The van der Waals surface area contributed by atoms with Gasteiger partial charge in [0.15, 0.2) is 17.3 Å². The Balaban J connectivity index is 1.47. The van der Waals surface area contributed by atoms with Crippen molar-refractivity contribution >= 4 is 17.7 Å². The van der Waals surface area contributed by atoms with Crippen LogP contribution in [0.25, 0.3) is 0 Å². The van der Waals surface area contributed by atoms with Gasteiger partial charge in [-0.05, 0) is 47.4 Å². The highest BCUT2D eigenvalue weighted by Gasteiger charge is 2.60. The van der Waals surface area contributed by atoms with Crippen LogP contribution in [0.1, 0.15) is 24.0 Å². The van der Waals surface area contributed by atoms with E-state index in [1.165, 1.54) is 13.2 Å². The second-order valence-corrected chi connectivity index (χ2v) is 9.03. The highest BCUT2D eigenvalue weighted by molar-refractivity contribution is 6.06. The number of benzene rings is 2. The molecule has 5 aliphatic rings. The molecule has 0 aromatic heterocycles. The van der Waals surface area contributed by atoms with Gasteiger partial charge >= 0.3 is 11.9 Å². The molecule has 4 bridgehead atoms. The number of carbonyl (C=O) groups excluding carboxylic acids is 3. The minimum Gasteiger partial charge on any atom is -0.504 e.